The van der Waals surface area contributed by atoms with Crippen molar-refractivity contribution in [2.24, 2.45) is 0 Å². The minimum absolute atomic E-state index is 0.182. The Morgan fingerprint density at radius 2 is 1.85 bits per heavy atom. The molecule has 0 atom stereocenters. The quantitative estimate of drug-likeness (QED) is 0.692. The Morgan fingerprint density at radius 3 is 2.31 bits per heavy atom. The molecule has 1 aromatic rings. The van der Waals surface area contributed by atoms with Gasteiger partial charge in [-0.2, -0.15) is 10.5 Å². The van der Waals surface area contributed by atoms with E-state index in [1.807, 2.05) is 12.1 Å². The number of anilines is 1. The first-order valence-electron chi connectivity index (χ1n) is 3.37. The summed E-state index contributed by atoms with van der Waals surface area (Å²) in [6, 6.07) is 3.75. The molecule has 0 aromatic carbocycles. The van der Waals surface area contributed by atoms with Crippen molar-refractivity contribution in [1.82, 2.24) is 4.98 Å². The van der Waals surface area contributed by atoms with Crippen molar-refractivity contribution in [2.75, 3.05) is 5.73 Å². The summed E-state index contributed by atoms with van der Waals surface area (Å²) in [7, 11) is 0. The first-order chi connectivity index (χ1) is 6.11. The van der Waals surface area contributed by atoms with Gasteiger partial charge in [0, 0.05) is 0 Å². The number of hydrogen-bond acceptors (Lipinski definition) is 4. The highest BCUT2D eigenvalue weighted by Crippen LogP contribution is 2.24. The molecule has 2 N–H and O–H groups in total. The van der Waals surface area contributed by atoms with Crippen LogP contribution >= 0.6 is 15.9 Å². The molecular formula is C8H5BrN4. The number of nitrogens with zero attached hydrogens (tertiary/aromatic N) is 3. The zero-order valence-electron chi connectivity index (χ0n) is 6.80. The van der Waals surface area contributed by atoms with Gasteiger partial charge in [-0.25, -0.2) is 4.98 Å². The number of aromatic nitrogens is 1. The lowest BCUT2D eigenvalue weighted by Gasteiger charge is -2.04. The number of nitrogens with two attached hydrogens (primary N) is 1. The van der Waals surface area contributed by atoms with E-state index in [-0.39, 0.29) is 16.8 Å². The number of aryl methyl sites for hydroxylation is 1. The number of rotatable bonds is 0. The van der Waals surface area contributed by atoms with Crippen LogP contribution in [0.5, 0.6) is 0 Å². The molecule has 0 bridgehead atoms. The van der Waals surface area contributed by atoms with E-state index in [4.69, 9.17) is 16.3 Å². The van der Waals surface area contributed by atoms with Crippen LogP contribution in [0.25, 0.3) is 0 Å². The molecular weight excluding hydrogens is 232 g/mol. The maximum Gasteiger partial charge on any atom is 0.125 e. The van der Waals surface area contributed by atoms with Crippen LogP contribution in [0.3, 0.4) is 0 Å². The normalized spacial score (nSPS) is 8.92. The number of nitrogen functional groups attached to an aromatic ring is 1. The van der Waals surface area contributed by atoms with Gasteiger partial charge in [0.1, 0.15) is 22.3 Å². The lowest BCUT2D eigenvalue weighted by atomic mass is 10.1. The van der Waals surface area contributed by atoms with Gasteiger partial charge in [0.25, 0.3) is 0 Å². The number of nitriles is 2. The average Bonchev–Trinajstić information content (AvgIpc) is 2.10. The highest BCUT2D eigenvalue weighted by molar-refractivity contribution is 9.10. The molecule has 0 radical (unpaired) electrons. The van der Waals surface area contributed by atoms with Gasteiger partial charge >= 0.3 is 0 Å². The zero-order valence-corrected chi connectivity index (χ0v) is 8.38. The molecule has 1 aromatic heterocycles. The van der Waals surface area contributed by atoms with Crippen molar-refractivity contribution in [3.8, 4) is 12.1 Å². The topological polar surface area (TPSA) is 86.5 Å². The molecule has 1 rings (SSSR count). The van der Waals surface area contributed by atoms with Crippen molar-refractivity contribution >= 4 is 21.6 Å². The smallest absolute Gasteiger partial charge is 0.125 e. The maximum absolute atomic E-state index is 8.75. The molecule has 0 aliphatic carbocycles. The molecule has 13 heavy (non-hydrogen) atoms. The SMILES string of the molecule is Cc1nc(Br)c(C#N)c(C#N)c1N. The summed E-state index contributed by atoms with van der Waals surface area (Å²) >= 11 is 3.09. The molecule has 4 nitrogen and oxygen atoms in total. The average molecular weight is 237 g/mol. The van der Waals surface area contributed by atoms with Crippen LogP contribution < -0.4 is 5.73 Å². The second-order valence-corrected chi connectivity index (χ2v) is 3.13. The maximum atomic E-state index is 8.75. The first-order valence-corrected chi connectivity index (χ1v) is 4.17. The minimum atomic E-state index is 0.182. The van der Waals surface area contributed by atoms with E-state index in [1.165, 1.54) is 0 Å². The van der Waals surface area contributed by atoms with E-state index >= 15 is 0 Å². The summed E-state index contributed by atoms with van der Waals surface area (Å²) < 4.78 is 0.359. The van der Waals surface area contributed by atoms with Crippen LogP contribution in [0.15, 0.2) is 4.60 Å². The Morgan fingerprint density at radius 1 is 1.31 bits per heavy atom. The van der Waals surface area contributed by atoms with Gasteiger partial charge in [0.15, 0.2) is 0 Å². The third-order valence-electron chi connectivity index (χ3n) is 1.60. The molecule has 0 saturated heterocycles. The molecule has 5 heteroatoms. The van der Waals surface area contributed by atoms with Crippen LogP contribution in [-0.2, 0) is 0 Å². The fraction of sp³-hybridized carbons (Fsp3) is 0.125. The summed E-state index contributed by atoms with van der Waals surface area (Å²) in [4.78, 5) is 3.97. The Balaban J connectivity index is 3.66. The van der Waals surface area contributed by atoms with E-state index in [0.29, 0.717) is 10.3 Å². The lowest BCUT2D eigenvalue weighted by Crippen LogP contribution is -2.01. The van der Waals surface area contributed by atoms with Crippen molar-refractivity contribution in [1.29, 1.82) is 10.5 Å². The van der Waals surface area contributed by atoms with Gasteiger partial charge in [-0.1, -0.05) is 0 Å². The van der Waals surface area contributed by atoms with Gasteiger partial charge < -0.3 is 5.73 Å². The van der Waals surface area contributed by atoms with E-state index in [1.54, 1.807) is 6.92 Å². The molecule has 64 valence electrons. The standard InChI is InChI=1S/C8H5BrN4/c1-4-7(12)5(2-10)6(3-11)8(9)13-4/h12H2,1H3. The minimum Gasteiger partial charge on any atom is -0.396 e. The van der Waals surface area contributed by atoms with Crippen molar-refractivity contribution in [3.05, 3.63) is 21.4 Å². The molecule has 1 heterocycles. The molecule has 0 aliphatic rings. The van der Waals surface area contributed by atoms with Gasteiger partial charge in [-0.05, 0) is 22.9 Å². The molecule has 0 aliphatic heterocycles. The third-order valence-corrected chi connectivity index (χ3v) is 2.18. The van der Waals surface area contributed by atoms with Crippen LogP contribution in [0, 0.1) is 29.6 Å². The highest BCUT2D eigenvalue weighted by atomic mass is 79.9. The predicted molar refractivity (Wildman–Crippen MR) is 50.5 cm³/mol. The van der Waals surface area contributed by atoms with Gasteiger partial charge in [-0.15, -0.1) is 0 Å². The summed E-state index contributed by atoms with van der Waals surface area (Å²) in [6.45, 7) is 1.68. The van der Waals surface area contributed by atoms with E-state index in [0.717, 1.165) is 0 Å². The van der Waals surface area contributed by atoms with Crippen molar-refractivity contribution in [2.45, 2.75) is 6.92 Å². The van der Waals surface area contributed by atoms with Crippen LogP contribution in [-0.4, -0.2) is 4.98 Å². The fourth-order valence-corrected chi connectivity index (χ4v) is 1.45. The Bertz CT molecular complexity index is 439. The Hall–Kier alpha value is -1.59. The highest BCUT2D eigenvalue weighted by Gasteiger charge is 2.13. The van der Waals surface area contributed by atoms with Gasteiger partial charge in [0.2, 0.25) is 0 Å². The second kappa shape index (κ2) is 3.42. The summed E-state index contributed by atoms with van der Waals surface area (Å²) in [5, 5.41) is 17.5. The number of halogens is 1. The van der Waals surface area contributed by atoms with E-state index < -0.39 is 0 Å². The van der Waals surface area contributed by atoms with Crippen LogP contribution in [0.1, 0.15) is 16.8 Å². The molecule has 0 saturated carbocycles. The summed E-state index contributed by atoms with van der Waals surface area (Å²) in [5.74, 6) is 0. The van der Waals surface area contributed by atoms with E-state index in [2.05, 4.69) is 20.9 Å². The van der Waals surface area contributed by atoms with Crippen molar-refractivity contribution < 1.29 is 0 Å². The second-order valence-electron chi connectivity index (χ2n) is 2.38. The van der Waals surface area contributed by atoms with Crippen LogP contribution in [0.2, 0.25) is 0 Å². The van der Waals surface area contributed by atoms with Crippen molar-refractivity contribution in [3.63, 3.8) is 0 Å². The Kier molecular flexibility index (Phi) is 2.50. The van der Waals surface area contributed by atoms with Crippen LogP contribution in [0.4, 0.5) is 5.69 Å². The monoisotopic (exact) mass is 236 g/mol. The fourth-order valence-electron chi connectivity index (χ4n) is 0.900. The zero-order chi connectivity index (χ0) is 10.0. The molecule has 0 unspecified atom stereocenters. The van der Waals surface area contributed by atoms with Gasteiger partial charge in [-0.3, -0.25) is 0 Å². The molecule has 0 amide bonds. The Labute approximate surface area is 83.7 Å². The van der Waals surface area contributed by atoms with Gasteiger partial charge in [0.05, 0.1) is 16.9 Å². The third kappa shape index (κ3) is 1.47. The number of pyridine rings is 1. The molecule has 0 fully saturated rings. The molecule has 0 spiro atoms. The largest absolute Gasteiger partial charge is 0.396 e. The summed E-state index contributed by atoms with van der Waals surface area (Å²) in [5.41, 5.74) is 6.76. The summed E-state index contributed by atoms with van der Waals surface area (Å²) in [6.07, 6.45) is 0. The van der Waals surface area contributed by atoms with E-state index in [9.17, 15) is 0 Å². The first kappa shape index (κ1) is 9.50. The lowest BCUT2D eigenvalue weighted by molar-refractivity contribution is 1.15. The predicted octanol–water partition coefficient (Wildman–Crippen LogP) is 1.48. The number of hydrogen-bond donors (Lipinski definition) is 1.